The highest BCUT2D eigenvalue weighted by atomic mass is 32.2. The second-order valence-corrected chi connectivity index (χ2v) is 7.65. The number of benzene rings is 2. The molecule has 0 fully saturated rings. The van der Waals surface area contributed by atoms with Crippen molar-refractivity contribution in [2.24, 2.45) is 0 Å². The van der Waals surface area contributed by atoms with Crippen LogP contribution in [0.25, 0.3) is 0 Å². The van der Waals surface area contributed by atoms with Crippen LogP contribution in [0.4, 0.5) is 5.69 Å². The number of para-hydroxylation sites is 1. The number of anilines is 1. The third-order valence-corrected chi connectivity index (χ3v) is 5.88. The van der Waals surface area contributed by atoms with Crippen molar-refractivity contribution < 1.29 is 13.2 Å². The second kappa shape index (κ2) is 8.16. The van der Waals surface area contributed by atoms with Gasteiger partial charge in [0.15, 0.2) is 0 Å². The van der Waals surface area contributed by atoms with E-state index >= 15 is 0 Å². The molecule has 6 heteroatoms. The molecule has 0 unspecified atom stereocenters. The zero-order valence-electron chi connectivity index (χ0n) is 14.8. The molecule has 0 saturated heterocycles. The van der Waals surface area contributed by atoms with Crippen molar-refractivity contribution in [3.63, 3.8) is 0 Å². The Hall–Kier alpha value is -2.34. The lowest BCUT2D eigenvalue weighted by Gasteiger charge is -2.20. The molecule has 0 atom stereocenters. The summed E-state index contributed by atoms with van der Waals surface area (Å²) >= 11 is 0. The Morgan fingerprint density at radius 1 is 1.00 bits per heavy atom. The number of carbonyl (C=O) groups is 1. The van der Waals surface area contributed by atoms with Crippen LogP contribution in [0, 0.1) is 6.92 Å². The largest absolute Gasteiger partial charge is 0.375 e. The Morgan fingerprint density at radius 2 is 1.60 bits per heavy atom. The highest BCUT2D eigenvalue weighted by Crippen LogP contribution is 2.27. The van der Waals surface area contributed by atoms with E-state index in [9.17, 15) is 13.2 Å². The molecular weight excluding hydrogens is 336 g/mol. The SMILES string of the molecule is CCN(CC)C(=O)CNc1ccccc1S(=O)(=O)c1ccc(C)cc1. The highest BCUT2D eigenvalue weighted by Gasteiger charge is 2.21. The van der Waals surface area contributed by atoms with Crippen LogP contribution in [0.1, 0.15) is 19.4 Å². The minimum atomic E-state index is -3.65. The van der Waals surface area contributed by atoms with Crippen LogP contribution in [0.3, 0.4) is 0 Å². The topological polar surface area (TPSA) is 66.5 Å². The van der Waals surface area contributed by atoms with Gasteiger partial charge in [-0.2, -0.15) is 0 Å². The van der Waals surface area contributed by atoms with E-state index in [2.05, 4.69) is 5.32 Å². The van der Waals surface area contributed by atoms with Crippen LogP contribution in [0.2, 0.25) is 0 Å². The first-order chi connectivity index (χ1) is 11.9. The van der Waals surface area contributed by atoms with Crippen LogP contribution in [0.15, 0.2) is 58.3 Å². The quantitative estimate of drug-likeness (QED) is 0.824. The summed E-state index contributed by atoms with van der Waals surface area (Å²) in [6.45, 7) is 7.04. The predicted molar refractivity (Wildman–Crippen MR) is 99.5 cm³/mol. The number of rotatable bonds is 7. The van der Waals surface area contributed by atoms with E-state index in [1.807, 2.05) is 20.8 Å². The van der Waals surface area contributed by atoms with Gasteiger partial charge < -0.3 is 10.2 Å². The standard InChI is InChI=1S/C19H24N2O3S/c1-4-21(5-2)19(22)14-20-17-8-6-7-9-18(17)25(23,24)16-12-10-15(3)11-13-16/h6-13,20H,4-5,14H2,1-3H3. The van der Waals surface area contributed by atoms with Gasteiger partial charge >= 0.3 is 0 Å². The molecule has 0 bridgehead atoms. The van der Waals surface area contributed by atoms with Crippen LogP contribution in [-0.2, 0) is 14.6 Å². The molecule has 25 heavy (non-hydrogen) atoms. The first kappa shape index (κ1) is 19.0. The molecule has 0 saturated carbocycles. The van der Waals surface area contributed by atoms with Crippen LogP contribution in [0.5, 0.6) is 0 Å². The number of nitrogens with one attached hydrogen (secondary N) is 1. The number of nitrogens with zero attached hydrogens (tertiary/aromatic N) is 1. The van der Waals surface area contributed by atoms with Crippen molar-refractivity contribution in [2.75, 3.05) is 25.0 Å². The maximum atomic E-state index is 12.9. The third-order valence-electron chi connectivity index (χ3n) is 4.05. The Kier molecular flexibility index (Phi) is 6.20. The number of amides is 1. The zero-order valence-corrected chi connectivity index (χ0v) is 15.6. The molecule has 5 nitrogen and oxygen atoms in total. The van der Waals surface area contributed by atoms with E-state index in [0.717, 1.165) is 5.56 Å². The molecule has 1 N–H and O–H groups in total. The van der Waals surface area contributed by atoms with Gasteiger partial charge in [-0.05, 0) is 45.0 Å². The molecular formula is C19H24N2O3S. The van der Waals surface area contributed by atoms with E-state index in [0.29, 0.717) is 18.8 Å². The average Bonchev–Trinajstić information content (AvgIpc) is 2.61. The van der Waals surface area contributed by atoms with Gasteiger partial charge in [0.25, 0.3) is 0 Å². The van der Waals surface area contributed by atoms with Gasteiger partial charge in [0.2, 0.25) is 15.7 Å². The van der Waals surface area contributed by atoms with Gasteiger partial charge in [-0.15, -0.1) is 0 Å². The van der Waals surface area contributed by atoms with Gasteiger partial charge in [-0.1, -0.05) is 29.8 Å². The number of carbonyl (C=O) groups excluding carboxylic acids is 1. The van der Waals surface area contributed by atoms with Crippen LogP contribution in [-0.4, -0.2) is 38.9 Å². The Morgan fingerprint density at radius 3 is 2.20 bits per heavy atom. The Labute approximate surface area is 149 Å². The number of likely N-dealkylation sites (N-methyl/N-ethyl adjacent to an activating group) is 1. The Bertz CT molecular complexity index is 826. The van der Waals surface area contributed by atoms with Crippen LogP contribution < -0.4 is 5.32 Å². The second-order valence-electron chi connectivity index (χ2n) is 5.73. The summed E-state index contributed by atoms with van der Waals surface area (Å²) in [5.41, 5.74) is 1.43. The molecule has 2 aromatic carbocycles. The fourth-order valence-corrected chi connectivity index (χ4v) is 3.99. The predicted octanol–water partition coefficient (Wildman–Crippen LogP) is 3.11. The fraction of sp³-hybridized carbons (Fsp3) is 0.316. The van der Waals surface area contributed by atoms with E-state index in [4.69, 9.17) is 0 Å². The first-order valence-electron chi connectivity index (χ1n) is 8.32. The summed E-state index contributed by atoms with van der Waals surface area (Å²) in [5, 5.41) is 2.98. The summed E-state index contributed by atoms with van der Waals surface area (Å²) in [7, 11) is -3.65. The molecule has 134 valence electrons. The van der Waals surface area contributed by atoms with Crippen molar-refractivity contribution >= 4 is 21.4 Å². The number of aryl methyl sites for hydroxylation is 1. The minimum Gasteiger partial charge on any atom is -0.375 e. The maximum absolute atomic E-state index is 12.9. The Balaban J connectivity index is 2.28. The monoisotopic (exact) mass is 360 g/mol. The van der Waals surface area contributed by atoms with Gasteiger partial charge in [0, 0.05) is 13.1 Å². The van der Waals surface area contributed by atoms with Gasteiger partial charge in [0.1, 0.15) is 0 Å². The summed E-state index contributed by atoms with van der Waals surface area (Å²) in [5.74, 6) is -0.0625. The zero-order chi connectivity index (χ0) is 18.4. The molecule has 0 heterocycles. The van der Waals surface area contributed by atoms with Gasteiger partial charge in [0.05, 0.1) is 22.0 Å². The summed E-state index contributed by atoms with van der Waals surface area (Å²) in [6.07, 6.45) is 0. The third kappa shape index (κ3) is 4.39. The number of hydrogen-bond acceptors (Lipinski definition) is 4. The molecule has 0 aliphatic rings. The summed E-state index contributed by atoms with van der Waals surface area (Å²) < 4.78 is 25.8. The van der Waals surface area contributed by atoms with Crippen molar-refractivity contribution in [1.82, 2.24) is 4.90 Å². The number of sulfone groups is 1. The molecule has 0 aliphatic heterocycles. The summed E-state index contributed by atoms with van der Waals surface area (Å²) in [4.78, 5) is 14.3. The lowest BCUT2D eigenvalue weighted by molar-refractivity contribution is -0.128. The van der Waals surface area contributed by atoms with Gasteiger partial charge in [-0.3, -0.25) is 4.79 Å². The normalized spacial score (nSPS) is 11.2. The van der Waals surface area contributed by atoms with Crippen molar-refractivity contribution in [3.05, 3.63) is 54.1 Å². The minimum absolute atomic E-state index is 0.0576. The molecule has 0 aromatic heterocycles. The van der Waals surface area contributed by atoms with Crippen molar-refractivity contribution in [3.8, 4) is 0 Å². The molecule has 2 rings (SSSR count). The lowest BCUT2D eigenvalue weighted by Crippen LogP contribution is -2.35. The van der Waals surface area contributed by atoms with E-state index in [-0.39, 0.29) is 22.2 Å². The lowest BCUT2D eigenvalue weighted by atomic mass is 10.2. The molecule has 2 aromatic rings. The highest BCUT2D eigenvalue weighted by molar-refractivity contribution is 7.91. The van der Waals surface area contributed by atoms with Crippen molar-refractivity contribution in [1.29, 1.82) is 0 Å². The molecule has 0 spiro atoms. The van der Waals surface area contributed by atoms with Crippen LogP contribution >= 0.6 is 0 Å². The first-order valence-corrected chi connectivity index (χ1v) is 9.80. The van der Waals surface area contributed by atoms with Crippen molar-refractivity contribution in [2.45, 2.75) is 30.6 Å². The molecule has 0 aliphatic carbocycles. The average molecular weight is 360 g/mol. The van der Waals surface area contributed by atoms with Gasteiger partial charge in [-0.25, -0.2) is 8.42 Å². The summed E-state index contributed by atoms with van der Waals surface area (Å²) in [6, 6.07) is 13.4. The van der Waals surface area contributed by atoms with E-state index in [1.165, 1.54) is 0 Å². The number of hydrogen-bond donors (Lipinski definition) is 1. The molecule has 0 radical (unpaired) electrons. The maximum Gasteiger partial charge on any atom is 0.241 e. The van der Waals surface area contributed by atoms with E-state index < -0.39 is 9.84 Å². The van der Waals surface area contributed by atoms with E-state index in [1.54, 1.807) is 53.4 Å². The smallest absolute Gasteiger partial charge is 0.241 e. The fourth-order valence-electron chi connectivity index (χ4n) is 2.55. The molecule has 1 amide bonds.